The fourth-order valence-corrected chi connectivity index (χ4v) is 1.90. The Morgan fingerprint density at radius 1 is 1.30 bits per heavy atom. The van der Waals surface area contributed by atoms with Crippen LogP contribution in [0.4, 0.5) is 6.01 Å². The Kier molecular flexibility index (Phi) is 4.39. The number of rotatable bonds is 6. The Morgan fingerprint density at radius 2 is 2.00 bits per heavy atom. The van der Waals surface area contributed by atoms with Gasteiger partial charge < -0.3 is 14.9 Å². The second-order valence-electron chi connectivity index (χ2n) is 5.43. The fourth-order valence-electron chi connectivity index (χ4n) is 1.90. The number of aromatic nitrogens is 2. The highest BCUT2D eigenvalue weighted by Gasteiger charge is 2.22. The maximum Gasteiger partial charge on any atom is 0.321 e. The average Bonchev–Trinajstić information content (AvgIpc) is 2.89. The molecule has 0 radical (unpaired) electrons. The van der Waals surface area contributed by atoms with Crippen LogP contribution in [0.3, 0.4) is 0 Å². The zero-order chi connectivity index (χ0) is 14.6. The first-order chi connectivity index (χ1) is 9.49. The van der Waals surface area contributed by atoms with Crippen molar-refractivity contribution in [1.29, 1.82) is 0 Å². The number of nitrogens with zero attached hydrogens (tertiary/aromatic N) is 2. The lowest BCUT2D eigenvalue weighted by Crippen LogP contribution is -2.24. The van der Waals surface area contributed by atoms with Crippen molar-refractivity contribution >= 4 is 6.01 Å². The molecule has 2 rings (SSSR count). The third-order valence-electron chi connectivity index (χ3n) is 3.24. The molecule has 5 nitrogen and oxygen atoms in total. The van der Waals surface area contributed by atoms with Crippen LogP contribution in [0.15, 0.2) is 34.9 Å². The molecule has 0 aliphatic rings. The summed E-state index contributed by atoms with van der Waals surface area (Å²) in [6.07, 6.45) is 0.552. The highest BCUT2D eigenvalue weighted by Crippen LogP contribution is 2.24. The molecule has 0 aliphatic carbocycles. The summed E-state index contributed by atoms with van der Waals surface area (Å²) in [6.45, 7) is 6.38. The summed E-state index contributed by atoms with van der Waals surface area (Å²) in [5.74, 6) is 0.920. The lowest BCUT2D eigenvalue weighted by Gasteiger charge is -2.23. The van der Waals surface area contributed by atoms with Gasteiger partial charge in [0.2, 0.25) is 0 Å². The molecule has 2 N–H and O–H groups in total. The van der Waals surface area contributed by atoms with Crippen molar-refractivity contribution in [2.75, 3.05) is 11.9 Å². The highest BCUT2D eigenvalue weighted by molar-refractivity contribution is 5.23. The molecule has 0 spiro atoms. The lowest BCUT2D eigenvalue weighted by molar-refractivity contribution is 0.0514. The molecular weight excluding hydrogens is 254 g/mol. The Bertz CT molecular complexity index is 535. The molecule has 0 bridgehead atoms. The zero-order valence-electron chi connectivity index (χ0n) is 12.1. The van der Waals surface area contributed by atoms with Gasteiger partial charge in [-0.15, -0.1) is 0 Å². The number of benzene rings is 1. The summed E-state index contributed by atoms with van der Waals surface area (Å²) in [7, 11) is 0. The van der Waals surface area contributed by atoms with Gasteiger partial charge in [-0.25, -0.2) is 0 Å². The molecule has 20 heavy (non-hydrogen) atoms. The molecule has 0 saturated heterocycles. The molecule has 5 heteroatoms. The summed E-state index contributed by atoms with van der Waals surface area (Å²) in [6, 6.07) is 10.0. The van der Waals surface area contributed by atoms with Gasteiger partial charge in [0.15, 0.2) is 5.82 Å². The monoisotopic (exact) mass is 275 g/mol. The minimum absolute atomic E-state index is 0.238. The topological polar surface area (TPSA) is 71.2 Å². The van der Waals surface area contributed by atoms with Gasteiger partial charge in [-0.1, -0.05) is 49.3 Å². The van der Waals surface area contributed by atoms with Gasteiger partial charge in [-0.2, -0.15) is 4.98 Å². The molecule has 1 unspecified atom stereocenters. The molecule has 1 aromatic carbocycles. The van der Waals surface area contributed by atoms with E-state index in [0.717, 1.165) is 5.56 Å². The molecule has 0 fully saturated rings. The Hall–Kier alpha value is -1.88. The molecule has 0 aliphatic heterocycles. The summed E-state index contributed by atoms with van der Waals surface area (Å²) in [5, 5.41) is 17.4. The van der Waals surface area contributed by atoms with Crippen LogP contribution in [0.5, 0.6) is 0 Å². The maximum atomic E-state index is 10.5. The van der Waals surface area contributed by atoms with Gasteiger partial charge in [0.05, 0.1) is 5.60 Å². The third kappa shape index (κ3) is 3.57. The highest BCUT2D eigenvalue weighted by atomic mass is 16.5. The second kappa shape index (κ2) is 6.05. The van der Waals surface area contributed by atoms with E-state index in [9.17, 15) is 5.11 Å². The summed E-state index contributed by atoms with van der Waals surface area (Å²) in [4.78, 5) is 4.23. The zero-order valence-corrected chi connectivity index (χ0v) is 12.1. The van der Waals surface area contributed by atoms with Crippen molar-refractivity contribution in [3.63, 3.8) is 0 Å². The molecule has 1 atom stereocenters. The molecule has 2 aromatic rings. The van der Waals surface area contributed by atoms with Gasteiger partial charge in [-0.3, -0.25) is 0 Å². The number of aliphatic hydroxyl groups is 1. The van der Waals surface area contributed by atoms with E-state index in [1.807, 2.05) is 44.2 Å². The SMILES string of the molecule is CC(C)c1noc(NCCC(C)(O)c2ccccc2)n1. The Morgan fingerprint density at radius 3 is 2.60 bits per heavy atom. The molecule has 108 valence electrons. The smallest absolute Gasteiger partial charge is 0.321 e. The normalized spacial score (nSPS) is 14.2. The first-order valence-electron chi connectivity index (χ1n) is 6.84. The number of anilines is 1. The molecule has 0 amide bonds. The van der Waals surface area contributed by atoms with E-state index in [1.165, 1.54) is 0 Å². The first kappa shape index (κ1) is 14.5. The van der Waals surface area contributed by atoms with Crippen molar-refractivity contribution in [1.82, 2.24) is 10.1 Å². The van der Waals surface area contributed by atoms with E-state index in [2.05, 4.69) is 15.5 Å². The van der Waals surface area contributed by atoms with Gasteiger partial charge in [0.25, 0.3) is 0 Å². The number of hydrogen-bond donors (Lipinski definition) is 2. The minimum atomic E-state index is -0.880. The van der Waals surface area contributed by atoms with Crippen LogP contribution in [0.2, 0.25) is 0 Å². The molecule has 0 saturated carbocycles. The van der Waals surface area contributed by atoms with Gasteiger partial charge >= 0.3 is 6.01 Å². The van der Waals surface area contributed by atoms with Crippen molar-refractivity contribution in [2.24, 2.45) is 0 Å². The van der Waals surface area contributed by atoms with Crippen molar-refractivity contribution in [3.8, 4) is 0 Å². The lowest BCUT2D eigenvalue weighted by atomic mass is 9.93. The minimum Gasteiger partial charge on any atom is -0.385 e. The van der Waals surface area contributed by atoms with Crippen LogP contribution in [0.1, 0.15) is 44.5 Å². The fraction of sp³-hybridized carbons (Fsp3) is 0.467. The van der Waals surface area contributed by atoms with Gasteiger partial charge in [0, 0.05) is 12.5 Å². The van der Waals surface area contributed by atoms with Crippen LogP contribution in [0, 0.1) is 0 Å². The average molecular weight is 275 g/mol. The van der Waals surface area contributed by atoms with E-state index in [-0.39, 0.29) is 5.92 Å². The summed E-state index contributed by atoms with van der Waals surface area (Å²) >= 11 is 0. The van der Waals surface area contributed by atoms with Crippen molar-refractivity contribution in [2.45, 2.75) is 38.7 Å². The summed E-state index contributed by atoms with van der Waals surface area (Å²) in [5.41, 5.74) is 0.0185. The van der Waals surface area contributed by atoms with E-state index in [0.29, 0.717) is 24.8 Å². The van der Waals surface area contributed by atoms with Crippen LogP contribution in [-0.4, -0.2) is 21.8 Å². The Balaban J connectivity index is 1.88. The van der Waals surface area contributed by atoms with E-state index in [1.54, 1.807) is 6.92 Å². The van der Waals surface area contributed by atoms with Crippen LogP contribution < -0.4 is 5.32 Å². The van der Waals surface area contributed by atoms with Crippen LogP contribution in [0.25, 0.3) is 0 Å². The van der Waals surface area contributed by atoms with E-state index < -0.39 is 5.60 Å². The van der Waals surface area contributed by atoms with Gasteiger partial charge in [0.1, 0.15) is 0 Å². The molecule has 1 heterocycles. The molecule has 1 aromatic heterocycles. The predicted octanol–water partition coefficient (Wildman–Crippen LogP) is 2.90. The standard InChI is InChI=1S/C15H21N3O2/c1-11(2)13-17-14(20-18-13)16-10-9-15(3,19)12-7-5-4-6-8-12/h4-8,11,19H,9-10H2,1-3H3,(H,16,17,18). The quantitative estimate of drug-likeness (QED) is 0.848. The molecular formula is C15H21N3O2. The first-order valence-corrected chi connectivity index (χ1v) is 6.84. The van der Waals surface area contributed by atoms with Crippen LogP contribution in [-0.2, 0) is 5.60 Å². The van der Waals surface area contributed by atoms with E-state index in [4.69, 9.17) is 4.52 Å². The largest absolute Gasteiger partial charge is 0.385 e. The van der Waals surface area contributed by atoms with E-state index >= 15 is 0 Å². The van der Waals surface area contributed by atoms with Crippen molar-refractivity contribution in [3.05, 3.63) is 41.7 Å². The number of nitrogens with one attached hydrogen (secondary N) is 1. The second-order valence-corrected chi connectivity index (χ2v) is 5.43. The predicted molar refractivity (Wildman–Crippen MR) is 77.5 cm³/mol. The van der Waals surface area contributed by atoms with Gasteiger partial charge in [-0.05, 0) is 18.9 Å². The number of hydrogen-bond acceptors (Lipinski definition) is 5. The maximum absolute atomic E-state index is 10.5. The Labute approximate surface area is 119 Å². The summed E-state index contributed by atoms with van der Waals surface area (Å²) < 4.78 is 5.09. The van der Waals surface area contributed by atoms with Crippen LogP contribution >= 0.6 is 0 Å². The van der Waals surface area contributed by atoms with Crippen molar-refractivity contribution < 1.29 is 9.63 Å². The third-order valence-corrected chi connectivity index (χ3v) is 3.24.